The monoisotopic (exact) mass is 357 g/mol. The molecule has 0 aromatic heterocycles. The second-order valence-corrected chi connectivity index (χ2v) is 5.11. The first-order valence-electron chi connectivity index (χ1n) is 7.17. The van der Waals surface area contributed by atoms with Crippen molar-refractivity contribution in [2.75, 3.05) is 19.0 Å². The lowest BCUT2D eigenvalue weighted by atomic mass is 10.1. The minimum absolute atomic E-state index is 0.0567. The smallest absolute Gasteiger partial charge is 0.411 e. The summed E-state index contributed by atoms with van der Waals surface area (Å²) >= 11 is 0. The number of hydrogen-bond donors (Lipinski definition) is 1. The van der Waals surface area contributed by atoms with Gasteiger partial charge in [-0.25, -0.2) is 4.39 Å². The Morgan fingerprint density at radius 3 is 2.36 bits per heavy atom. The molecule has 134 valence electrons. The van der Waals surface area contributed by atoms with Crippen LogP contribution in [0.25, 0.3) is 0 Å². The summed E-state index contributed by atoms with van der Waals surface area (Å²) in [5.41, 5.74) is 1.02. The third-order valence-corrected chi connectivity index (χ3v) is 3.16. The Morgan fingerprint density at radius 2 is 1.80 bits per heavy atom. The average molecular weight is 357 g/mol. The summed E-state index contributed by atoms with van der Waals surface area (Å²) in [5, 5.41) is 2.52. The molecule has 2 aromatic rings. The predicted octanol–water partition coefficient (Wildman–Crippen LogP) is 4.17. The van der Waals surface area contributed by atoms with Crippen LogP contribution in [0.4, 0.5) is 23.2 Å². The van der Waals surface area contributed by atoms with Crippen LogP contribution in [-0.2, 0) is 11.3 Å². The Morgan fingerprint density at radius 1 is 1.12 bits per heavy atom. The number of nitrogens with one attached hydrogen (secondary N) is 1. The van der Waals surface area contributed by atoms with Crippen molar-refractivity contribution >= 4 is 11.6 Å². The van der Waals surface area contributed by atoms with Crippen molar-refractivity contribution < 1.29 is 31.8 Å². The largest absolute Gasteiger partial charge is 0.494 e. The van der Waals surface area contributed by atoms with Gasteiger partial charge in [0.15, 0.2) is 11.6 Å². The van der Waals surface area contributed by atoms with Gasteiger partial charge in [0.05, 0.1) is 13.7 Å². The molecule has 0 aliphatic heterocycles. The van der Waals surface area contributed by atoms with Crippen LogP contribution < -0.4 is 10.1 Å². The summed E-state index contributed by atoms with van der Waals surface area (Å²) in [6.07, 6.45) is -4.38. The summed E-state index contributed by atoms with van der Waals surface area (Å²) in [7, 11) is 1.33. The molecular formula is C17H15F4NO3. The lowest BCUT2D eigenvalue weighted by Crippen LogP contribution is -2.16. The number of rotatable bonds is 6. The lowest BCUT2D eigenvalue weighted by Gasteiger charge is -2.09. The molecule has 2 aromatic carbocycles. The molecule has 0 saturated carbocycles. The molecule has 0 fully saturated rings. The highest BCUT2D eigenvalue weighted by molar-refractivity contribution is 6.04. The van der Waals surface area contributed by atoms with Gasteiger partial charge < -0.3 is 14.8 Å². The second-order valence-electron chi connectivity index (χ2n) is 5.11. The van der Waals surface area contributed by atoms with E-state index in [1.165, 1.54) is 43.5 Å². The molecule has 0 bridgehead atoms. The van der Waals surface area contributed by atoms with E-state index in [0.29, 0.717) is 5.56 Å². The van der Waals surface area contributed by atoms with Gasteiger partial charge in [0.1, 0.15) is 6.61 Å². The van der Waals surface area contributed by atoms with Gasteiger partial charge in [-0.05, 0) is 29.8 Å². The fourth-order valence-corrected chi connectivity index (χ4v) is 1.98. The maximum Gasteiger partial charge on any atom is 0.411 e. The standard InChI is InChI=1S/C17H15F4NO3/c1-24-15-7-6-13(8-14(15)18)22-16(23)12-4-2-11(3-5-12)9-25-10-17(19,20)21/h2-8H,9-10H2,1H3,(H,22,23). The third-order valence-electron chi connectivity index (χ3n) is 3.16. The Balaban J connectivity index is 1.95. The Bertz CT molecular complexity index is 730. The molecule has 1 N–H and O–H groups in total. The predicted molar refractivity (Wildman–Crippen MR) is 83.1 cm³/mol. The van der Waals surface area contributed by atoms with Crippen LogP contribution in [-0.4, -0.2) is 25.8 Å². The normalized spacial score (nSPS) is 11.2. The Hall–Kier alpha value is -2.61. The lowest BCUT2D eigenvalue weighted by molar-refractivity contribution is -0.176. The van der Waals surface area contributed by atoms with Gasteiger partial charge in [0, 0.05) is 17.3 Å². The molecule has 0 spiro atoms. The molecular weight excluding hydrogens is 342 g/mol. The number of hydrogen-bond acceptors (Lipinski definition) is 3. The fraction of sp³-hybridized carbons (Fsp3) is 0.235. The first-order valence-corrected chi connectivity index (χ1v) is 7.17. The summed E-state index contributed by atoms with van der Waals surface area (Å²) in [5.74, 6) is -1.04. The van der Waals surface area contributed by atoms with Crippen molar-refractivity contribution in [3.63, 3.8) is 0 Å². The van der Waals surface area contributed by atoms with Crippen LogP contribution >= 0.6 is 0 Å². The van der Waals surface area contributed by atoms with E-state index < -0.39 is 24.5 Å². The van der Waals surface area contributed by atoms with E-state index in [1.54, 1.807) is 0 Å². The molecule has 0 radical (unpaired) electrons. The highest BCUT2D eigenvalue weighted by Gasteiger charge is 2.27. The molecule has 0 aliphatic rings. The maximum atomic E-state index is 13.6. The zero-order valence-electron chi connectivity index (χ0n) is 13.2. The van der Waals surface area contributed by atoms with E-state index in [-0.39, 0.29) is 23.6 Å². The van der Waals surface area contributed by atoms with Gasteiger partial charge in [-0.2, -0.15) is 13.2 Å². The quantitative estimate of drug-likeness (QED) is 0.790. The van der Waals surface area contributed by atoms with Crippen LogP contribution in [0.15, 0.2) is 42.5 Å². The zero-order valence-corrected chi connectivity index (χ0v) is 13.2. The maximum absolute atomic E-state index is 13.6. The number of amides is 1. The van der Waals surface area contributed by atoms with E-state index in [4.69, 9.17) is 4.74 Å². The van der Waals surface area contributed by atoms with Crippen molar-refractivity contribution in [1.82, 2.24) is 0 Å². The number of anilines is 1. The molecule has 0 aliphatic carbocycles. The van der Waals surface area contributed by atoms with Crippen LogP contribution in [0.2, 0.25) is 0 Å². The van der Waals surface area contributed by atoms with Crippen LogP contribution in [0, 0.1) is 5.82 Å². The number of halogens is 4. The molecule has 0 saturated heterocycles. The van der Waals surface area contributed by atoms with Gasteiger partial charge >= 0.3 is 6.18 Å². The van der Waals surface area contributed by atoms with Gasteiger partial charge in [-0.1, -0.05) is 12.1 Å². The number of alkyl halides is 3. The van der Waals surface area contributed by atoms with Crippen LogP contribution in [0.1, 0.15) is 15.9 Å². The highest BCUT2D eigenvalue weighted by Crippen LogP contribution is 2.21. The minimum atomic E-state index is -4.38. The molecule has 4 nitrogen and oxygen atoms in total. The Kier molecular flexibility index (Phi) is 5.97. The number of ether oxygens (including phenoxy) is 2. The van der Waals surface area contributed by atoms with Crippen molar-refractivity contribution in [1.29, 1.82) is 0 Å². The van der Waals surface area contributed by atoms with Gasteiger partial charge in [-0.15, -0.1) is 0 Å². The van der Waals surface area contributed by atoms with E-state index in [2.05, 4.69) is 10.1 Å². The van der Waals surface area contributed by atoms with Crippen molar-refractivity contribution in [3.8, 4) is 5.75 Å². The van der Waals surface area contributed by atoms with Gasteiger partial charge in [0.2, 0.25) is 0 Å². The first-order chi connectivity index (χ1) is 11.8. The summed E-state index contributed by atoms with van der Waals surface area (Å²) in [6.45, 7) is -1.55. The van der Waals surface area contributed by atoms with Crippen LogP contribution in [0.5, 0.6) is 5.75 Å². The zero-order chi connectivity index (χ0) is 18.4. The van der Waals surface area contributed by atoms with E-state index in [0.717, 1.165) is 6.07 Å². The van der Waals surface area contributed by atoms with E-state index >= 15 is 0 Å². The molecule has 25 heavy (non-hydrogen) atoms. The Labute approximate surface area is 141 Å². The van der Waals surface area contributed by atoms with Gasteiger partial charge in [0.25, 0.3) is 5.91 Å². The highest BCUT2D eigenvalue weighted by atomic mass is 19.4. The average Bonchev–Trinajstić information content (AvgIpc) is 2.54. The SMILES string of the molecule is COc1ccc(NC(=O)c2ccc(COCC(F)(F)F)cc2)cc1F. The third kappa shape index (κ3) is 5.75. The summed E-state index contributed by atoms with van der Waals surface area (Å²) in [6, 6.07) is 9.85. The van der Waals surface area contributed by atoms with Crippen molar-refractivity contribution in [3.05, 3.63) is 59.4 Å². The number of carbonyl (C=O) groups excluding carboxylic acids is 1. The number of methoxy groups -OCH3 is 1. The summed E-state index contributed by atoms with van der Waals surface area (Å²) in [4.78, 5) is 12.1. The fourth-order valence-electron chi connectivity index (χ4n) is 1.98. The summed E-state index contributed by atoms with van der Waals surface area (Å²) < 4.78 is 58.9. The van der Waals surface area contributed by atoms with E-state index in [1.807, 2.05) is 0 Å². The van der Waals surface area contributed by atoms with Gasteiger partial charge in [-0.3, -0.25) is 4.79 Å². The van der Waals surface area contributed by atoms with Crippen molar-refractivity contribution in [2.24, 2.45) is 0 Å². The van der Waals surface area contributed by atoms with E-state index in [9.17, 15) is 22.4 Å². The molecule has 0 unspecified atom stereocenters. The molecule has 8 heteroatoms. The number of carbonyl (C=O) groups is 1. The van der Waals surface area contributed by atoms with Crippen molar-refractivity contribution in [2.45, 2.75) is 12.8 Å². The number of benzene rings is 2. The minimum Gasteiger partial charge on any atom is -0.494 e. The van der Waals surface area contributed by atoms with Crippen LogP contribution in [0.3, 0.4) is 0 Å². The second kappa shape index (κ2) is 7.98. The molecule has 0 atom stereocenters. The molecule has 2 rings (SSSR count). The topological polar surface area (TPSA) is 47.6 Å². The molecule has 1 amide bonds. The molecule has 0 heterocycles. The first kappa shape index (κ1) is 18.7.